The van der Waals surface area contributed by atoms with Gasteiger partial charge < -0.3 is 19.5 Å². The van der Waals surface area contributed by atoms with Crippen molar-refractivity contribution in [3.63, 3.8) is 0 Å². The highest BCUT2D eigenvalue weighted by Crippen LogP contribution is 2.34. The van der Waals surface area contributed by atoms with E-state index in [9.17, 15) is 9.59 Å². The van der Waals surface area contributed by atoms with Gasteiger partial charge in [-0.3, -0.25) is 18.9 Å². The van der Waals surface area contributed by atoms with E-state index in [1.807, 2.05) is 24.3 Å². The summed E-state index contributed by atoms with van der Waals surface area (Å²) in [7, 11) is 3.17. The molecule has 11 heteroatoms. The molecule has 4 heterocycles. The number of aromatic nitrogens is 2. The molecule has 1 N–H and O–H groups in total. The number of methoxy groups -OCH3 is 2. The fourth-order valence-electron chi connectivity index (χ4n) is 4.48. The average Bonchev–Trinajstić information content (AvgIpc) is 3.55. The summed E-state index contributed by atoms with van der Waals surface area (Å²) in [5.41, 5.74) is 1.55. The van der Waals surface area contributed by atoms with Gasteiger partial charge in [0.2, 0.25) is 0 Å². The van der Waals surface area contributed by atoms with Crippen molar-refractivity contribution in [2.24, 2.45) is 0 Å². The highest BCUT2D eigenvalue weighted by atomic mass is 32.2. The number of nitrogens with zero attached hydrogens (tertiary/aromatic N) is 3. The van der Waals surface area contributed by atoms with Gasteiger partial charge in [0.05, 0.1) is 30.8 Å². The summed E-state index contributed by atoms with van der Waals surface area (Å²) in [6, 6.07) is 11.0. The zero-order valence-corrected chi connectivity index (χ0v) is 22.8. The summed E-state index contributed by atoms with van der Waals surface area (Å²) in [4.78, 5) is 33.4. The Kier molecular flexibility index (Phi) is 7.96. The monoisotopic (exact) mass is 552 g/mol. The van der Waals surface area contributed by atoms with Gasteiger partial charge in [-0.25, -0.2) is 4.98 Å². The van der Waals surface area contributed by atoms with E-state index >= 15 is 0 Å². The first kappa shape index (κ1) is 26.2. The lowest BCUT2D eigenvalue weighted by Gasteiger charge is -2.15. The number of amides is 1. The Bertz CT molecular complexity index is 1470. The van der Waals surface area contributed by atoms with Crippen LogP contribution in [-0.2, 0) is 16.0 Å². The second kappa shape index (κ2) is 11.5. The minimum Gasteiger partial charge on any atom is -0.493 e. The molecule has 9 nitrogen and oxygen atoms in total. The van der Waals surface area contributed by atoms with Gasteiger partial charge in [-0.2, -0.15) is 0 Å². The summed E-state index contributed by atoms with van der Waals surface area (Å²) in [5.74, 6) is 1.46. The lowest BCUT2D eigenvalue weighted by molar-refractivity contribution is -0.122. The van der Waals surface area contributed by atoms with E-state index in [0.717, 1.165) is 25.0 Å². The number of nitrogens with one attached hydrogen (secondary N) is 1. The number of thioether (sulfide) groups is 1. The molecule has 0 unspecified atom stereocenters. The van der Waals surface area contributed by atoms with E-state index in [4.69, 9.17) is 26.4 Å². The number of pyridine rings is 1. The minimum absolute atomic E-state index is 0.0636. The van der Waals surface area contributed by atoms with Crippen LogP contribution in [0.15, 0.2) is 52.3 Å². The normalized spacial score (nSPS) is 18.5. The van der Waals surface area contributed by atoms with Crippen LogP contribution in [0.2, 0.25) is 0 Å². The Morgan fingerprint density at radius 2 is 2.05 bits per heavy atom. The number of anilines is 1. The smallest absolute Gasteiger partial charge is 0.267 e. The van der Waals surface area contributed by atoms with Crippen LogP contribution < -0.4 is 20.3 Å². The molecule has 3 aromatic rings. The molecule has 5 rings (SSSR count). The average molecular weight is 553 g/mol. The third-order valence-electron chi connectivity index (χ3n) is 6.51. The molecule has 198 valence electrons. The highest BCUT2D eigenvalue weighted by Gasteiger charge is 2.32. The van der Waals surface area contributed by atoms with Crippen molar-refractivity contribution in [3.05, 3.63) is 69.0 Å². The molecule has 38 heavy (non-hydrogen) atoms. The topological polar surface area (TPSA) is 94.4 Å². The van der Waals surface area contributed by atoms with Crippen molar-refractivity contribution >= 4 is 51.7 Å². The van der Waals surface area contributed by atoms with E-state index in [0.29, 0.717) is 57.3 Å². The maximum Gasteiger partial charge on any atom is 0.267 e. The molecule has 0 saturated carbocycles. The van der Waals surface area contributed by atoms with Gasteiger partial charge in [-0.15, -0.1) is 0 Å². The van der Waals surface area contributed by atoms with Crippen LogP contribution in [0.5, 0.6) is 11.5 Å². The minimum atomic E-state index is -0.263. The van der Waals surface area contributed by atoms with Gasteiger partial charge in [0.15, 0.2) is 11.5 Å². The number of benzene rings is 1. The number of rotatable bonds is 9. The molecule has 1 amide bonds. The fraction of sp³-hybridized carbons (Fsp3) is 0.333. The Balaban J connectivity index is 1.39. The third kappa shape index (κ3) is 5.40. The third-order valence-corrected chi connectivity index (χ3v) is 7.89. The summed E-state index contributed by atoms with van der Waals surface area (Å²) in [5, 5.41) is 3.28. The van der Waals surface area contributed by atoms with Crippen molar-refractivity contribution < 1.29 is 19.0 Å². The Hall–Kier alpha value is -3.41. The Morgan fingerprint density at radius 3 is 2.82 bits per heavy atom. The van der Waals surface area contributed by atoms with Crippen LogP contribution in [0.25, 0.3) is 11.7 Å². The number of hydrogen-bond acceptors (Lipinski definition) is 9. The number of thiocarbonyl (C=S) groups is 1. The summed E-state index contributed by atoms with van der Waals surface area (Å²) in [6.45, 7) is 1.66. The number of ether oxygens (including phenoxy) is 3. The number of carbonyl (C=O) groups excluding carboxylic acids is 1. The predicted octanol–water partition coefficient (Wildman–Crippen LogP) is 3.75. The van der Waals surface area contributed by atoms with Gasteiger partial charge in [0, 0.05) is 25.9 Å². The van der Waals surface area contributed by atoms with Gasteiger partial charge in [0.25, 0.3) is 11.5 Å². The SMILES string of the molecule is COc1ccc(CCN2C(=O)/C(=C/c3c(NC[C@@H]4CCCO4)nc4ccccn4c3=O)SC2=S)cc1OC. The van der Waals surface area contributed by atoms with Crippen LogP contribution in [0, 0.1) is 0 Å². The van der Waals surface area contributed by atoms with E-state index in [1.165, 1.54) is 16.2 Å². The largest absolute Gasteiger partial charge is 0.493 e. The van der Waals surface area contributed by atoms with E-state index in [-0.39, 0.29) is 17.6 Å². The summed E-state index contributed by atoms with van der Waals surface area (Å²) >= 11 is 6.72. The van der Waals surface area contributed by atoms with Gasteiger partial charge >= 0.3 is 0 Å². The van der Waals surface area contributed by atoms with Gasteiger partial charge in [-0.1, -0.05) is 36.1 Å². The molecule has 2 aliphatic rings. The van der Waals surface area contributed by atoms with E-state index in [1.54, 1.807) is 43.5 Å². The molecule has 2 aromatic heterocycles. The van der Waals surface area contributed by atoms with Crippen LogP contribution >= 0.6 is 24.0 Å². The molecule has 2 saturated heterocycles. The summed E-state index contributed by atoms with van der Waals surface area (Å²) in [6.07, 6.45) is 5.87. The molecule has 2 aliphatic heterocycles. The first-order chi connectivity index (χ1) is 18.5. The van der Waals surface area contributed by atoms with Gasteiger partial charge in [-0.05, 0) is 55.2 Å². The second-order valence-electron chi connectivity index (χ2n) is 8.90. The van der Waals surface area contributed by atoms with Crippen molar-refractivity contribution in [2.45, 2.75) is 25.4 Å². The van der Waals surface area contributed by atoms with E-state index < -0.39 is 0 Å². The van der Waals surface area contributed by atoms with E-state index in [2.05, 4.69) is 10.3 Å². The zero-order chi connectivity index (χ0) is 26.6. The zero-order valence-electron chi connectivity index (χ0n) is 21.1. The molecular weight excluding hydrogens is 524 g/mol. The molecule has 0 radical (unpaired) electrons. The lowest BCUT2D eigenvalue weighted by atomic mass is 10.1. The molecule has 0 aliphatic carbocycles. The fourth-order valence-corrected chi connectivity index (χ4v) is 5.77. The van der Waals surface area contributed by atoms with Crippen LogP contribution in [0.4, 0.5) is 5.82 Å². The van der Waals surface area contributed by atoms with Crippen molar-refractivity contribution in [3.8, 4) is 11.5 Å². The van der Waals surface area contributed by atoms with Crippen LogP contribution in [-0.4, -0.2) is 64.5 Å². The number of hydrogen-bond donors (Lipinski definition) is 1. The lowest BCUT2D eigenvalue weighted by Crippen LogP contribution is -2.30. The maximum absolute atomic E-state index is 13.4. The molecule has 0 spiro atoms. The molecule has 1 aromatic carbocycles. The Labute approximate surface area is 229 Å². The predicted molar refractivity (Wildman–Crippen MR) is 152 cm³/mol. The molecule has 2 fully saturated rings. The van der Waals surface area contributed by atoms with Crippen LogP contribution in [0.3, 0.4) is 0 Å². The van der Waals surface area contributed by atoms with Crippen molar-refractivity contribution in [2.75, 3.05) is 39.2 Å². The van der Waals surface area contributed by atoms with Gasteiger partial charge in [0.1, 0.15) is 15.8 Å². The van der Waals surface area contributed by atoms with Crippen LogP contribution in [0.1, 0.15) is 24.0 Å². The first-order valence-corrected chi connectivity index (χ1v) is 13.5. The maximum atomic E-state index is 13.4. The Morgan fingerprint density at radius 1 is 1.21 bits per heavy atom. The van der Waals surface area contributed by atoms with Crippen molar-refractivity contribution in [1.82, 2.24) is 14.3 Å². The number of carbonyl (C=O) groups is 1. The second-order valence-corrected chi connectivity index (χ2v) is 10.6. The molecule has 1 atom stereocenters. The standard InChI is InChI=1S/C27H28N4O5S2/c1-34-20-9-8-17(14-21(20)35-2)10-12-31-26(33)22(38-27(31)37)15-19-24(28-16-18-6-5-13-36-18)29-23-7-3-4-11-30(23)25(19)32/h3-4,7-9,11,14-15,18,28H,5-6,10,12-13,16H2,1-2H3/b22-15-/t18-/m0/s1. The summed E-state index contributed by atoms with van der Waals surface area (Å²) < 4.78 is 18.3. The molecular formula is C27H28N4O5S2. The first-order valence-electron chi connectivity index (χ1n) is 12.3. The highest BCUT2D eigenvalue weighted by molar-refractivity contribution is 8.26. The quantitative estimate of drug-likeness (QED) is 0.315. The molecule has 0 bridgehead atoms. The number of fused-ring (bicyclic) bond motifs is 1. The van der Waals surface area contributed by atoms with Crippen molar-refractivity contribution in [1.29, 1.82) is 0 Å².